The molecule has 2 N–H and O–H groups in total. The number of likely N-dealkylation sites (N-methyl/N-ethyl adjacent to an activating group) is 2. The van der Waals surface area contributed by atoms with Crippen LogP contribution < -0.4 is 30.1 Å². The van der Waals surface area contributed by atoms with Crippen LogP contribution in [0.25, 0.3) is 0 Å². The minimum Gasteiger partial charge on any atom is -0.494 e. The first kappa shape index (κ1) is 28.8. The molecule has 0 radical (unpaired) electrons. The van der Waals surface area contributed by atoms with Crippen LogP contribution in [0.2, 0.25) is 0 Å². The number of nitriles is 1. The topological polar surface area (TPSA) is 130 Å². The molecule has 212 valence electrons. The molecular weight excluding hydrogens is 522 g/mol. The smallest absolute Gasteiger partial charge is 0.330 e. The van der Waals surface area contributed by atoms with E-state index < -0.39 is 0 Å². The number of carbonyl (C=O) groups is 2. The summed E-state index contributed by atoms with van der Waals surface area (Å²) in [5.74, 6) is 0.872. The van der Waals surface area contributed by atoms with Gasteiger partial charge in [-0.1, -0.05) is 12.6 Å². The summed E-state index contributed by atoms with van der Waals surface area (Å²) >= 11 is 0. The highest BCUT2D eigenvalue weighted by atomic mass is 16.5. The minimum atomic E-state index is -0.349. The monoisotopic (exact) mass is 555 g/mol. The number of ether oxygens (including phenoxy) is 1. The van der Waals surface area contributed by atoms with Crippen molar-refractivity contribution in [3.63, 3.8) is 0 Å². The van der Waals surface area contributed by atoms with Crippen LogP contribution in [0.4, 0.5) is 39.3 Å². The summed E-state index contributed by atoms with van der Waals surface area (Å²) in [6.07, 6.45) is 2.87. The quantitative estimate of drug-likeness (QED) is 0.359. The molecule has 0 bridgehead atoms. The Hall–Kier alpha value is -5.15. The third-order valence-corrected chi connectivity index (χ3v) is 6.59. The van der Waals surface area contributed by atoms with Crippen LogP contribution in [-0.4, -0.2) is 75.2 Å². The molecule has 2 heterocycles. The Labute approximate surface area is 239 Å². The maximum absolute atomic E-state index is 13.2. The van der Waals surface area contributed by atoms with Gasteiger partial charge in [-0.15, -0.1) is 0 Å². The fourth-order valence-corrected chi connectivity index (χ4v) is 4.34. The van der Waals surface area contributed by atoms with Crippen molar-refractivity contribution in [3.05, 3.63) is 66.4 Å². The third-order valence-electron chi connectivity index (χ3n) is 6.59. The van der Waals surface area contributed by atoms with Gasteiger partial charge in [0.1, 0.15) is 11.6 Å². The summed E-state index contributed by atoms with van der Waals surface area (Å²) in [7, 11) is 9.13. The van der Waals surface area contributed by atoms with E-state index in [0.29, 0.717) is 40.7 Å². The molecule has 3 amide bonds. The molecule has 0 fully saturated rings. The number of aromatic nitrogens is 2. The van der Waals surface area contributed by atoms with E-state index >= 15 is 0 Å². The van der Waals surface area contributed by atoms with Gasteiger partial charge in [0, 0.05) is 50.7 Å². The standard InChI is InChI=1S/C29H33N9O3/c1-7-26(39)32-22-14-23(25(41-6)15-24(22)36(4)12-11-35(2)3)33-28-31-17-20-18-38(29(40)37(5)27(20)34-28)21-10-8-9-19(13-21)16-30/h7-10,13-15,17H,1,11-12,18H2,2-6H3,(H,32,39)(H,31,33,34). The fraction of sp³-hybridized carbons (Fsp3) is 0.276. The molecule has 0 unspecified atom stereocenters. The average Bonchev–Trinajstić information content (AvgIpc) is 2.97. The third kappa shape index (κ3) is 6.37. The van der Waals surface area contributed by atoms with Crippen molar-refractivity contribution in [2.24, 2.45) is 0 Å². The number of hydrogen-bond acceptors (Lipinski definition) is 9. The van der Waals surface area contributed by atoms with E-state index in [0.717, 1.165) is 17.8 Å². The van der Waals surface area contributed by atoms with Crippen LogP contribution in [0.15, 0.2) is 55.3 Å². The number of nitrogens with zero attached hydrogens (tertiary/aromatic N) is 7. The van der Waals surface area contributed by atoms with Gasteiger partial charge in [0.15, 0.2) is 0 Å². The number of methoxy groups -OCH3 is 1. The number of nitrogens with one attached hydrogen (secondary N) is 2. The molecule has 2 aromatic carbocycles. The molecule has 4 rings (SSSR count). The summed E-state index contributed by atoms with van der Waals surface area (Å²) in [4.78, 5) is 41.7. The van der Waals surface area contributed by atoms with Crippen LogP contribution in [0.5, 0.6) is 5.75 Å². The number of anilines is 6. The maximum atomic E-state index is 13.2. The molecule has 0 saturated heterocycles. The Morgan fingerprint density at radius 2 is 2.00 bits per heavy atom. The number of amides is 3. The second kappa shape index (κ2) is 12.4. The van der Waals surface area contributed by atoms with Crippen LogP contribution in [0, 0.1) is 11.3 Å². The van der Waals surface area contributed by atoms with Gasteiger partial charge >= 0.3 is 6.03 Å². The van der Waals surface area contributed by atoms with Gasteiger partial charge in [-0.05, 0) is 44.4 Å². The predicted molar refractivity (Wildman–Crippen MR) is 160 cm³/mol. The van der Waals surface area contributed by atoms with E-state index in [1.807, 2.05) is 32.1 Å². The lowest BCUT2D eigenvalue weighted by Gasteiger charge is -2.34. The largest absolute Gasteiger partial charge is 0.494 e. The summed E-state index contributed by atoms with van der Waals surface area (Å²) in [5.41, 5.74) is 3.66. The minimum absolute atomic E-state index is 0.247. The van der Waals surface area contributed by atoms with Gasteiger partial charge in [-0.3, -0.25) is 14.6 Å². The lowest BCUT2D eigenvalue weighted by molar-refractivity contribution is -0.111. The van der Waals surface area contributed by atoms with Crippen molar-refractivity contribution < 1.29 is 14.3 Å². The molecule has 1 aliphatic rings. The zero-order valence-corrected chi connectivity index (χ0v) is 23.8. The number of hydrogen-bond donors (Lipinski definition) is 2. The highest BCUT2D eigenvalue weighted by Crippen LogP contribution is 2.38. The molecule has 0 spiro atoms. The van der Waals surface area contributed by atoms with Crippen LogP contribution in [-0.2, 0) is 11.3 Å². The van der Waals surface area contributed by atoms with Crippen LogP contribution >= 0.6 is 0 Å². The van der Waals surface area contributed by atoms with Crippen LogP contribution in [0.1, 0.15) is 11.1 Å². The van der Waals surface area contributed by atoms with Gasteiger partial charge in [0.05, 0.1) is 42.3 Å². The van der Waals surface area contributed by atoms with Crippen molar-refractivity contribution in [2.45, 2.75) is 6.54 Å². The predicted octanol–water partition coefficient (Wildman–Crippen LogP) is 3.80. The zero-order chi connectivity index (χ0) is 29.7. The highest BCUT2D eigenvalue weighted by Gasteiger charge is 2.31. The molecule has 1 aliphatic heterocycles. The van der Waals surface area contributed by atoms with E-state index in [4.69, 9.17) is 4.74 Å². The van der Waals surface area contributed by atoms with Crippen molar-refractivity contribution in [2.75, 3.05) is 73.7 Å². The zero-order valence-electron chi connectivity index (χ0n) is 23.8. The van der Waals surface area contributed by atoms with Crippen molar-refractivity contribution >= 4 is 46.5 Å². The first-order chi connectivity index (χ1) is 19.6. The van der Waals surface area contributed by atoms with Gasteiger partial charge in [-0.25, -0.2) is 9.78 Å². The normalized spacial score (nSPS) is 12.5. The van der Waals surface area contributed by atoms with E-state index in [-0.39, 0.29) is 24.4 Å². The van der Waals surface area contributed by atoms with E-state index in [9.17, 15) is 14.9 Å². The van der Waals surface area contributed by atoms with Crippen molar-refractivity contribution in [3.8, 4) is 11.8 Å². The summed E-state index contributed by atoms with van der Waals surface area (Å²) < 4.78 is 5.67. The second-order valence-corrected chi connectivity index (χ2v) is 9.75. The molecule has 41 heavy (non-hydrogen) atoms. The number of benzene rings is 2. The Kier molecular flexibility index (Phi) is 8.69. The fourth-order valence-electron chi connectivity index (χ4n) is 4.34. The van der Waals surface area contributed by atoms with Gasteiger partial charge in [0.2, 0.25) is 11.9 Å². The van der Waals surface area contributed by atoms with E-state index in [1.165, 1.54) is 11.0 Å². The first-order valence-electron chi connectivity index (χ1n) is 12.8. The molecule has 0 atom stereocenters. The number of carbonyl (C=O) groups excluding carboxylic acids is 2. The SMILES string of the molecule is C=CC(=O)Nc1cc(Nc2ncc3c(n2)N(C)C(=O)N(c2cccc(C#N)c2)C3)c(OC)cc1N(C)CCN(C)C. The average molecular weight is 556 g/mol. The maximum Gasteiger partial charge on any atom is 0.330 e. The number of rotatable bonds is 10. The van der Waals surface area contributed by atoms with Crippen molar-refractivity contribution in [1.82, 2.24) is 14.9 Å². The van der Waals surface area contributed by atoms with Gasteiger partial charge in [0.25, 0.3) is 0 Å². The first-order valence-corrected chi connectivity index (χ1v) is 12.8. The second-order valence-electron chi connectivity index (χ2n) is 9.75. The van der Waals surface area contributed by atoms with Gasteiger partial charge in [-0.2, -0.15) is 10.2 Å². The number of fused-ring (bicyclic) bond motifs is 1. The van der Waals surface area contributed by atoms with Gasteiger partial charge < -0.3 is 25.2 Å². The van der Waals surface area contributed by atoms with Crippen molar-refractivity contribution in [1.29, 1.82) is 5.26 Å². The molecule has 0 aliphatic carbocycles. The Balaban J connectivity index is 1.65. The molecule has 3 aromatic rings. The Bertz CT molecular complexity index is 1520. The Morgan fingerprint density at radius 3 is 2.68 bits per heavy atom. The molecule has 12 nitrogen and oxygen atoms in total. The molecule has 0 saturated carbocycles. The lowest BCUT2D eigenvalue weighted by Crippen LogP contribution is -2.46. The lowest BCUT2D eigenvalue weighted by atomic mass is 10.1. The summed E-state index contributed by atoms with van der Waals surface area (Å²) in [5, 5.41) is 15.3. The summed E-state index contributed by atoms with van der Waals surface area (Å²) in [6, 6.07) is 12.3. The Morgan fingerprint density at radius 1 is 1.22 bits per heavy atom. The van der Waals surface area contributed by atoms with Crippen LogP contribution in [0.3, 0.4) is 0 Å². The van der Waals surface area contributed by atoms with E-state index in [2.05, 4.69) is 38.1 Å². The highest BCUT2D eigenvalue weighted by molar-refractivity contribution is 6.05. The molecule has 12 heteroatoms. The molecule has 1 aromatic heterocycles. The van der Waals surface area contributed by atoms with E-state index in [1.54, 1.807) is 55.6 Å². The number of urea groups is 1. The summed E-state index contributed by atoms with van der Waals surface area (Å²) in [6.45, 7) is 5.34. The molecular formula is C29H33N9O3.